The minimum absolute atomic E-state index is 0.152. The Balaban J connectivity index is 1.93. The van der Waals surface area contributed by atoms with E-state index in [2.05, 4.69) is 4.98 Å². The van der Waals surface area contributed by atoms with Gasteiger partial charge in [-0.05, 0) is 37.5 Å². The molecule has 1 aromatic heterocycles. The molecule has 0 radical (unpaired) electrons. The van der Waals surface area contributed by atoms with Crippen molar-refractivity contribution in [1.29, 1.82) is 0 Å². The number of halogens is 1. The zero-order chi connectivity index (χ0) is 14.8. The highest BCUT2D eigenvalue weighted by Crippen LogP contribution is 2.34. The van der Waals surface area contributed by atoms with Crippen LogP contribution in [0.15, 0.2) is 9.59 Å². The lowest BCUT2D eigenvalue weighted by Crippen LogP contribution is -2.40. The molecule has 0 amide bonds. The van der Waals surface area contributed by atoms with E-state index in [0.717, 1.165) is 38.5 Å². The second kappa shape index (κ2) is 6.39. The summed E-state index contributed by atoms with van der Waals surface area (Å²) in [5.41, 5.74) is 0.142. The normalized spacial score (nSPS) is 21.0. The van der Waals surface area contributed by atoms with Gasteiger partial charge in [0, 0.05) is 6.54 Å². The van der Waals surface area contributed by atoms with Gasteiger partial charge in [-0.25, -0.2) is 4.79 Å². The van der Waals surface area contributed by atoms with Crippen molar-refractivity contribution in [2.45, 2.75) is 70.3 Å². The summed E-state index contributed by atoms with van der Waals surface area (Å²) < 4.78 is 1.40. The number of hydrogen-bond acceptors (Lipinski definition) is 2. The van der Waals surface area contributed by atoms with Gasteiger partial charge in [0.25, 0.3) is 5.56 Å². The molecule has 0 saturated heterocycles. The summed E-state index contributed by atoms with van der Waals surface area (Å²) in [5, 5.41) is 0.261. The zero-order valence-corrected chi connectivity index (χ0v) is 13.1. The van der Waals surface area contributed by atoms with Gasteiger partial charge in [-0.15, -0.1) is 0 Å². The van der Waals surface area contributed by atoms with Gasteiger partial charge in [0.2, 0.25) is 0 Å². The summed E-state index contributed by atoms with van der Waals surface area (Å²) in [5.74, 6) is 0.676. The van der Waals surface area contributed by atoms with Crippen molar-refractivity contribution in [3.05, 3.63) is 31.6 Å². The molecule has 2 saturated carbocycles. The minimum Gasteiger partial charge on any atom is -0.297 e. The van der Waals surface area contributed by atoms with E-state index in [1.54, 1.807) is 0 Å². The average molecular weight is 311 g/mol. The maximum atomic E-state index is 12.7. The van der Waals surface area contributed by atoms with E-state index in [9.17, 15) is 9.59 Å². The molecule has 0 aromatic carbocycles. The first-order valence-corrected chi connectivity index (χ1v) is 8.57. The van der Waals surface area contributed by atoms with E-state index < -0.39 is 0 Å². The van der Waals surface area contributed by atoms with Crippen LogP contribution in [0, 0.1) is 5.92 Å². The van der Waals surface area contributed by atoms with Crippen LogP contribution in [0.25, 0.3) is 0 Å². The Labute approximate surface area is 129 Å². The smallest absolute Gasteiger partial charge is 0.297 e. The highest BCUT2D eigenvalue weighted by molar-refractivity contribution is 6.30. The lowest BCUT2D eigenvalue weighted by molar-refractivity contribution is 0.310. The first kappa shape index (κ1) is 14.9. The molecule has 21 heavy (non-hydrogen) atoms. The van der Waals surface area contributed by atoms with Crippen LogP contribution in [0.5, 0.6) is 0 Å². The zero-order valence-electron chi connectivity index (χ0n) is 12.4. The Morgan fingerprint density at radius 2 is 1.62 bits per heavy atom. The van der Waals surface area contributed by atoms with Crippen LogP contribution in [0.3, 0.4) is 0 Å². The van der Waals surface area contributed by atoms with Crippen molar-refractivity contribution >= 4 is 11.6 Å². The molecule has 116 valence electrons. The van der Waals surface area contributed by atoms with Gasteiger partial charge < -0.3 is 0 Å². The van der Waals surface area contributed by atoms with Gasteiger partial charge >= 0.3 is 5.69 Å². The third-order valence-corrected chi connectivity index (χ3v) is 5.40. The fourth-order valence-corrected chi connectivity index (χ4v) is 4.24. The largest absolute Gasteiger partial charge is 0.329 e. The molecular weight excluding hydrogens is 288 g/mol. The number of aromatic amines is 1. The predicted molar refractivity (Wildman–Crippen MR) is 84.1 cm³/mol. The fourth-order valence-electron chi connectivity index (χ4n) is 3.92. The molecule has 2 aliphatic rings. The molecule has 0 spiro atoms. The van der Waals surface area contributed by atoms with E-state index in [1.165, 1.54) is 23.8 Å². The van der Waals surface area contributed by atoms with Gasteiger partial charge in [0.15, 0.2) is 0 Å². The summed E-state index contributed by atoms with van der Waals surface area (Å²) >= 11 is 6.16. The minimum atomic E-state index is -0.350. The van der Waals surface area contributed by atoms with Crippen molar-refractivity contribution < 1.29 is 0 Å². The quantitative estimate of drug-likeness (QED) is 0.870. The highest BCUT2D eigenvalue weighted by Gasteiger charge is 2.26. The molecule has 1 heterocycles. The van der Waals surface area contributed by atoms with Crippen LogP contribution in [-0.4, -0.2) is 9.55 Å². The van der Waals surface area contributed by atoms with Gasteiger partial charge in [-0.1, -0.05) is 43.7 Å². The van der Waals surface area contributed by atoms with E-state index in [4.69, 9.17) is 11.6 Å². The van der Waals surface area contributed by atoms with Crippen LogP contribution in [0.1, 0.15) is 69.3 Å². The number of nitrogens with one attached hydrogen (secondary N) is 1. The highest BCUT2D eigenvalue weighted by atomic mass is 35.5. The molecule has 0 unspecified atom stereocenters. The van der Waals surface area contributed by atoms with Gasteiger partial charge in [-0.2, -0.15) is 0 Å². The maximum Gasteiger partial charge on any atom is 0.329 e. The average Bonchev–Trinajstić information content (AvgIpc) is 2.98. The summed E-state index contributed by atoms with van der Waals surface area (Å²) in [6.07, 6.45) is 10.2. The molecule has 3 rings (SSSR count). The molecular formula is C16H23ClN2O2. The van der Waals surface area contributed by atoms with Gasteiger partial charge in [0.1, 0.15) is 5.15 Å². The van der Waals surface area contributed by atoms with E-state index >= 15 is 0 Å². The molecule has 2 aliphatic carbocycles. The summed E-state index contributed by atoms with van der Waals surface area (Å²) in [6, 6.07) is 0. The third-order valence-electron chi connectivity index (χ3n) is 5.10. The Hall–Kier alpha value is -1.03. The second-order valence-corrected chi connectivity index (χ2v) is 6.94. The molecule has 1 aromatic rings. The van der Waals surface area contributed by atoms with Gasteiger partial charge in [-0.3, -0.25) is 14.3 Å². The lowest BCUT2D eigenvalue weighted by Gasteiger charge is -2.22. The van der Waals surface area contributed by atoms with Gasteiger partial charge in [0.05, 0.1) is 5.56 Å². The molecule has 1 N–H and O–H groups in total. The van der Waals surface area contributed by atoms with Crippen LogP contribution in [-0.2, 0) is 6.54 Å². The second-order valence-electron chi connectivity index (χ2n) is 6.56. The SMILES string of the molecule is O=c1[nH]c(Cl)c(C2CCCC2)c(=O)n1CC1CCCCC1. The summed E-state index contributed by atoms with van der Waals surface area (Å²) in [4.78, 5) is 27.5. The fraction of sp³-hybridized carbons (Fsp3) is 0.750. The van der Waals surface area contributed by atoms with Crippen LogP contribution in [0.4, 0.5) is 0 Å². The third kappa shape index (κ3) is 3.10. The maximum absolute atomic E-state index is 12.7. The van der Waals surface area contributed by atoms with Crippen molar-refractivity contribution in [1.82, 2.24) is 9.55 Å². The summed E-state index contributed by atoms with van der Waals surface area (Å²) in [6.45, 7) is 0.547. The monoisotopic (exact) mass is 310 g/mol. The molecule has 5 heteroatoms. The van der Waals surface area contributed by atoms with Crippen molar-refractivity contribution in [3.63, 3.8) is 0 Å². The molecule has 0 bridgehead atoms. The molecule has 4 nitrogen and oxygen atoms in total. The number of aromatic nitrogens is 2. The van der Waals surface area contributed by atoms with Crippen LogP contribution < -0.4 is 11.2 Å². The molecule has 0 atom stereocenters. The standard InChI is InChI=1S/C16H23ClN2O2/c17-14-13(12-8-4-5-9-12)15(20)19(16(21)18-14)10-11-6-2-1-3-7-11/h11-12H,1-10H2,(H,18,21). The first-order valence-electron chi connectivity index (χ1n) is 8.19. The Bertz CT molecular complexity index is 608. The number of H-pyrrole nitrogens is 1. The predicted octanol–water partition coefficient (Wildman–Crippen LogP) is 3.43. The number of rotatable bonds is 3. The lowest BCUT2D eigenvalue weighted by atomic mass is 9.89. The Morgan fingerprint density at radius 1 is 1.00 bits per heavy atom. The number of hydrogen-bond donors (Lipinski definition) is 1. The first-order chi connectivity index (χ1) is 10.2. The van der Waals surface area contributed by atoms with E-state index in [1.807, 2.05) is 0 Å². The van der Waals surface area contributed by atoms with E-state index in [-0.39, 0.29) is 22.3 Å². The molecule has 2 fully saturated rings. The summed E-state index contributed by atoms with van der Waals surface area (Å²) in [7, 11) is 0. The Morgan fingerprint density at radius 3 is 2.29 bits per heavy atom. The number of nitrogens with zero attached hydrogens (tertiary/aromatic N) is 1. The van der Waals surface area contributed by atoms with Crippen LogP contribution in [0.2, 0.25) is 5.15 Å². The molecule has 0 aliphatic heterocycles. The van der Waals surface area contributed by atoms with Crippen molar-refractivity contribution in [3.8, 4) is 0 Å². The topological polar surface area (TPSA) is 54.9 Å². The van der Waals surface area contributed by atoms with Crippen LogP contribution >= 0.6 is 11.6 Å². The van der Waals surface area contributed by atoms with E-state index in [0.29, 0.717) is 18.0 Å². The van der Waals surface area contributed by atoms with Crippen molar-refractivity contribution in [2.75, 3.05) is 0 Å². The van der Waals surface area contributed by atoms with Crippen molar-refractivity contribution in [2.24, 2.45) is 5.92 Å². The Kier molecular flexibility index (Phi) is 4.53.